The molecule has 0 spiro atoms. The highest BCUT2D eigenvalue weighted by atomic mass is 16.3. The second-order valence-corrected chi connectivity index (χ2v) is 4.25. The van der Waals surface area contributed by atoms with Crippen molar-refractivity contribution in [2.75, 3.05) is 11.1 Å². The first-order valence-corrected chi connectivity index (χ1v) is 5.81. The highest BCUT2D eigenvalue weighted by Crippen LogP contribution is 2.20. The predicted octanol–water partition coefficient (Wildman–Crippen LogP) is 2.13. The van der Waals surface area contributed by atoms with Gasteiger partial charge in [-0.15, -0.1) is 0 Å². The predicted molar refractivity (Wildman–Crippen MR) is 72.6 cm³/mol. The molecule has 4 N–H and O–H groups in total. The number of hydrogen-bond donors (Lipinski definition) is 3. The molecule has 1 radical (unpaired) electrons. The number of aliphatic hydroxyl groups is 1. The average Bonchev–Trinajstić information content (AvgIpc) is 2.34. The molecule has 1 heterocycles. The molecule has 2 aromatic rings. The van der Waals surface area contributed by atoms with Crippen molar-refractivity contribution < 1.29 is 5.11 Å². The van der Waals surface area contributed by atoms with Crippen LogP contribution in [0.3, 0.4) is 0 Å². The lowest BCUT2D eigenvalue weighted by atomic mass is 10.1. The number of benzene rings is 1. The number of aliphatic hydroxyl groups excluding tert-OH is 1. The van der Waals surface area contributed by atoms with Gasteiger partial charge in [0.25, 0.3) is 0 Å². The summed E-state index contributed by atoms with van der Waals surface area (Å²) in [6, 6.07) is 12.3. The van der Waals surface area contributed by atoms with Gasteiger partial charge in [-0.3, -0.25) is 0 Å². The zero-order chi connectivity index (χ0) is 13.0. The van der Waals surface area contributed by atoms with E-state index in [0.29, 0.717) is 17.9 Å². The lowest BCUT2D eigenvalue weighted by molar-refractivity contribution is 0.195. The van der Waals surface area contributed by atoms with E-state index in [4.69, 9.17) is 5.73 Å². The second-order valence-electron chi connectivity index (χ2n) is 4.25. The van der Waals surface area contributed by atoms with Crippen LogP contribution in [0.25, 0.3) is 0 Å². The number of anilines is 3. The van der Waals surface area contributed by atoms with Gasteiger partial charge in [0.1, 0.15) is 0 Å². The number of nitrogens with zero attached hydrogens (tertiary/aromatic N) is 1. The summed E-state index contributed by atoms with van der Waals surface area (Å²) in [5.74, 6) is 0.622. The van der Waals surface area contributed by atoms with Crippen LogP contribution in [0.15, 0.2) is 36.5 Å². The summed E-state index contributed by atoms with van der Waals surface area (Å²) < 4.78 is 0. The molecule has 93 valence electrons. The summed E-state index contributed by atoms with van der Waals surface area (Å²) in [7, 11) is 0. The Labute approximate surface area is 106 Å². The Kier molecular flexibility index (Phi) is 3.79. The molecule has 0 fully saturated rings. The third-order valence-corrected chi connectivity index (χ3v) is 2.53. The number of nitrogen functional groups attached to an aromatic ring is 1. The van der Waals surface area contributed by atoms with Crippen molar-refractivity contribution in [1.29, 1.82) is 0 Å². The second kappa shape index (κ2) is 5.51. The highest BCUT2D eigenvalue weighted by molar-refractivity contribution is 5.68. The van der Waals surface area contributed by atoms with Gasteiger partial charge in [-0.1, -0.05) is 12.1 Å². The molecule has 4 nitrogen and oxygen atoms in total. The van der Waals surface area contributed by atoms with Gasteiger partial charge in [-0.25, -0.2) is 4.98 Å². The molecule has 4 heteroatoms. The molecule has 0 aliphatic heterocycles. The van der Waals surface area contributed by atoms with Gasteiger partial charge in [0.2, 0.25) is 0 Å². The SMILES string of the molecule is C[C@H](O)Cc1ccc(Nc2nc[c]cc2N)cc1. The Bertz CT molecular complexity index is 509. The van der Waals surface area contributed by atoms with Crippen LogP contribution in [-0.2, 0) is 6.42 Å². The largest absolute Gasteiger partial charge is 0.396 e. The molecule has 0 amide bonds. The smallest absolute Gasteiger partial charge is 0.153 e. The minimum atomic E-state index is -0.328. The summed E-state index contributed by atoms with van der Waals surface area (Å²) in [4.78, 5) is 4.11. The topological polar surface area (TPSA) is 71.2 Å². The molecule has 0 unspecified atom stereocenters. The van der Waals surface area contributed by atoms with Gasteiger partial charge < -0.3 is 16.2 Å². The zero-order valence-corrected chi connectivity index (χ0v) is 10.2. The molecule has 0 saturated heterocycles. The highest BCUT2D eigenvalue weighted by Gasteiger charge is 2.02. The fraction of sp³-hybridized carbons (Fsp3) is 0.214. The van der Waals surface area contributed by atoms with E-state index in [1.165, 1.54) is 0 Å². The van der Waals surface area contributed by atoms with Crippen LogP contribution in [-0.4, -0.2) is 16.2 Å². The Balaban J connectivity index is 2.09. The van der Waals surface area contributed by atoms with Crippen LogP contribution < -0.4 is 11.1 Å². The summed E-state index contributed by atoms with van der Waals surface area (Å²) in [5.41, 5.74) is 8.34. The van der Waals surface area contributed by atoms with E-state index < -0.39 is 0 Å². The van der Waals surface area contributed by atoms with E-state index in [1.54, 1.807) is 19.2 Å². The molecule has 0 saturated carbocycles. The first-order valence-electron chi connectivity index (χ1n) is 5.81. The van der Waals surface area contributed by atoms with Crippen molar-refractivity contribution in [3.8, 4) is 0 Å². The van der Waals surface area contributed by atoms with Crippen LogP contribution in [0.2, 0.25) is 0 Å². The van der Waals surface area contributed by atoms with Gasteiger partial charge in [0.15, 0.2) is 5.82 Å². The first-order chi connectivity index (χ1) is 8.65. The van der Waals surface area contributed by atoms with E-state index in [-0.39, 0.29) is 6.10 Å². The Morgan fingerprint density at radius 3 is 2.72 bits per heavy atom. The lowest BCUT2D eigenvalue weighted by Gasteiger charge is -2.09. The maximum absolute atomic E-state index is 9.30. The van der Waals surface area contributed by atoms with Gasteiger partial charge in [-0.2, -0.15) is 0 Å². The first kappa shape index (κ1) is 12.4. The molecule has 1 aromatic heterocycles. The number of hydrogen-bond acceptors (Lipinski definition) is 4. The number of rotatable bonds is 4. The number of pyridine rings is 1. The van der Waals surface area contributed by atoms with Crippen molar-refractivity contribution in [3.63, 3.8) is 0 Å². The third kappa shape index (κ3) is 3.21. The van der Waals surface area contributed by atoms with E-state index in [9.17, 15) is 5.11 Å². The van der Waals surface area contributed by atoms with Crippen LogP contribution in [0.4, 0.5) is 17.2 Å². The van der Waals surface area contributed by atoms with Crippen LogP contribution in [0, 0.1) is 6.07 Å². The van der Waals surface area contributed by atoms with Crippen LogP contribution in [0.5, 0.6) is 0 Å². The van der Waals surface area contributed by atoms with Crippen molar-refractivity contribution in [2.45, 2.75) is 19.4 Å². The maximum atomic E-state index is 9.30. The fourth-order valence-electron chi connectivity index (χ4n) is 1.68. The Morgan fingerprint density at radius 2 is 2.11 bits per heavy atom. The maximum Gasteiger partial charge on any atom is 0.153 e. The number of aromatic nitrogens is 1. The average molecular weight is 242 g/mol. The molecule has 1 atom stereocenters. The summed E-state index contributed by atoms with van der Waals surface area (Å²) in [6.07, 6.45) is 1.90. The van der Waals surface area contributed by atoms with Gasteiger partial charge in [0.05, 0.1) is 11.8 Å². The normalized spacial score (nSPS) is 12.1. The van der Waals surface area contributed by atoms with E-state index in [1.807, 2.05) is 24.3 Å². The monoisotopic (exact) mass is 242 g/mol. The van der Waals surface area contributed by atoms with Gasteiger partial charge >= 0.3 is 0 Å². The van der Waals surface area contributed by atoms with Crippen molar-refractivity contribution in [1.82, 2.24) is 4.98 Å². The summed E-state index contributed by atoms with van der Waals surface area (Å²) in [6.45, 7) is 1.78. The quantitative estimate of drug-likeness (QED) is 0.768. The van der Waals surface area contributed by atoms with Gasteiger partial charge in [0, 0.05) is 18.0 Å². The van der Waals surface area contributed by atoms with E-state index >= 15 is 0 Å². The molecule has 0 aliphatic rings. The standard InChI is InChI=1S/C14H16N3O/c1-10(18)9-11-4-6-12(7-5-11)17-14-13(15)3-2-8-16-14/h3-8,10,18H,9,15H2,1H3,(H,16,17)/t10-/m0/s1. The molecule has 0 aliphatic carbocycles. The lowest BCUT2D eigenvalue weighted by Crippen LogP contribution is -2.04. The zero-order valence-electron chi connectivity index (χ0n) is 10.2. The van der Waals surface area contributed by atoms with E-state index in [2.05, 4.69) is 16.4 Å². The Morgan fingerprint density at radius 1 is 1.39 bits per heavy atom. The van der Waals surface area contributed by atoms with Crippen LogP contribution >= 0.6 is 0 Å². The number of nitrogens with two attached hydrogens (primary N) is 1. The summed E-state index contributed by atoms with van der Waals surface area (Å²) >= 11 is 0. The fourth-order valence-corrected chi connectivity index (χ4v) is 1.68. The van der Waals surface area contributed by atoms with Crippen molar-refractivity contribution in [3.05, 3.63) is 48.2 Å². The van der Waals surface area contributed by atoms with Crippen molar-refractivity contribution in [2.24, 2.45) is 0 Å². The molecular weight excluding hydrogens is 226 g/mol. The minimum absolute atomic E-state index is 0.328. The number of nitrogens with one attached hydrogen (secondary N) is 1. The summed E-state index contributed by atoms with van der Waals surface area (Å²) in [5, 5.41) is 12.4. The molecule has 18 heavy (non-hydrogen) atoms. The Hall–Kier alpha value is -2.07. The molecule has 0 bridgehead atoms. The van der Waals surface area contributed by atoms with E-state index in [0.717, 1.165) is 11.3 Å². The molecular formula is C14H16N3O. The molecule has 1 aromatic carbocycles. The minimum Gasteiger partial charge on any atom is -0.396 e. The molecule has 2 rings (SSSR count). The third-order valence-electron chi connectivity index (χ3n) is 2.53. The van der Waals surface area contributed by atoms with Crippen LogP contribution in [0.1, 0.15) is 12.5 Å². The van der Waals surface area contributed by atoms with Crippen molar-refractivity contribution >= 4 is 17.2 Å². The van der Waals surface area contributed by atoms with Gasteiger partial charge in [-0.05, 0) is 37.1 Å².